The molecule has 0 saturated heterocycles. The minimum atomic E-state index is -1.11. The van der Waals surface area contributed by atoms with E-state index in [0.29, 0.717) is 0 Å². The van der Waals surface area contributed by atoms with Gasteiger partial charge >= 0.3 is 5.97 Å². The molecule has 0 aliphatic carbocycles. The van der Waals surface area contributed by atoms with Crippen LogP contribution in [0.15, 0.2) is 0 Å². The van der Waals surface area contributed by atoms with E-state index in [4.69, 9.17) is 5.26 Å². The fourth-order valence-electron chi connectivity index (χ4n) is 1.20. The van der Waals surface area contributed by atoms with Crippen molar-refractivity contribution in [2.45, 2.75) is 20.8 Å². The lowest BCUT2D eigenvalue weighted by Crippen LogP contribution is -2.36. The first-order valence-electron chi connectivity index (χ1n) is 4.53. The van der Waals surface area contributed by atoms with Crippen LogP contribution in [-0.4, -0.2) is 24.0 Å². The minimum absolute atomic E-state index is 0.158. The Hall–Kier alpha value is -1.64. The van der Waals surface area contributed by atoms with E-state index < -0.39 is 28.8 Å². The van der Waals surface area contributed by atoms with Crippen molar-refractivity contribution in [1.82, 2.24) is 0 Å². The quantitative estimate of drug-likeness (QED) is 0.386. The summed E-state index contributed by atoms with van der Waals surface area (Å²) in [6.45, 7) is 4.34. The number of hydrogen-bond acceptors (Lipinski definition) is 5. The smallest absolute Gasteiger partial charge is 0.324 e. The second-order valence-corrected chi connectivity index (χ2v) is 3.79. The van der Waals surface area contributed by atoms with E-state index in [-0.39, 0.29) is 6.61 Å². The number of hydrogen-bond donors (Lipinski definition) is 0. The Kier molecular flexibility index (Phi) is 4.71. The molecule has 0 unspecified atom stereocenters. The largest absolute Gasteiger partial charge is 0.465 e. The van der Waals surface area contributed by atoms with E-state index in [1.165, 1.54) is 13.8 Å². The van der Waals surface area contributed by atoms with Gasteiger partial charge in [0.15, 0.2) is 5.92 Å². The summed E-state index contributed by atoms with van der Waals surface area (Å²) in [4.78, 5) is 21.2. The topological polar surface area (TPSA) is 93.2 Å². The lowest BCUT2D eigenvalue weighted by Gasteiger charge is -2.23. The molecule has 0 fully saturated rings. The fourth-order valence-corrected chi connectivity index (χ4v) is 1.20. The third kappa shape index (κ3) is 3.94. The molecule has 6 heteroatoms. The van der Waals surface area contributed by atoms with E-state index in [1.54, 1.807) is 13.0 Å². The van der Waals surface area contributed by atoms with Crippen LogP contribution in [0.2, 0.25) is 0 Å². The summed E-state index contributed by atoms with van der Waals surface area (Å²) in [7, 11) is 0. The van der Waals surface area contributed by atoms with Gasteiger partial charge in [-0.15, -0.1) is 0 Å². The van der Waals surface area contributed by atoms with Crippen LogP contribution in [0.3, 0.4) is 0 Å². The molecule has 0 heterocycles. The molecule has 0 aromatic carbocycles. The molecule has 0 aliphatic heterocycles. The monoisotopic (exact) mass is 214 g/mol. The van der Waals surface area contributed by atoms with Gasteiger partial charge < -0.3 is 4.74 Å². The number of rotatable bonds is 5. The summed E-state index contributed by atoms with van der Waals surface area (Å²) < 4.78 is 4.68. The van der Waals surface area contributed by atoms with Crippen molar-refractivity contribution in [1.29, 1.82) is 5.26 Å². The van der Waals surface area contributed by atoms with Crippen LogP contribution < -0.4 is 0 Å². The highest BCUT2D eigenvalue weighted by Crippen LogP contribution is 2.27. The maximum absolute atomic E-state index is 11.3. The molecule has 84 valence electrons. The van der Waals surface area contributed by atoms with Crippen molar-refractivity contribution in [3.8, 4) is 6.07 Å². The average Bonchev–Trinajstić information content (AvgIpc) is 2.01. The van der Waals surface area contributed by atoms with Crippen molar-refractivity contribution in [3.05, 3.63) is 10.1 Å². The van der Waals surface area contributed by atoms with Crippen molar-refractivity contribution >= 4 is 5.97 Å². The van der Waals surface area contributed by atoms with Gasteiger partial charge in [-0.3, -0.25) is 14.9 Å². The zero-order chi connectivity index (χ0) is 12.1. The molecule has 15 heavy (non-hydrogen) atoms. The molecule has 0 rings (SSSR count). The molecule has 0 spiro atoms. The van der Waals surface area contributed by atoms with E-state index in [2.05, 4.69) is 4.74 Å². The highest BCUT2D eigenvalue weighted by atomic mass is 16.6. The first-order valence-corrected chi connectivity index (χ1v) is 4.53. The molecule has 0 radical (unpaired) electrons. The van der Waals surface area contributed by atoms with Crippen molar-refractivity contribution < 1.29 is 14.5 Å². The van der Waals surface area contributed by atoms with E-state index >= 15 is 0 Å². The summed E-state index contributed by atoms with van der Waals surface area (Å²) in [5.41, 5.74) is -1.02. The lowest BCUT2D eigenvalue weighted by atomic mass is 9.79. The second kappa shape index (κ2) is 5.29. The Morgan fingerprint density at radius 3 is 2.53 bits per heavy atom. The Labute approximate surface area is 88.0 Å². The van der Waals surface area contributed by atoms with E-state index in [9.17, 15) is 14.9 Å². The summed E-state index contributed by atoms with van der Waals surface area (Å²) in [6.07, 6.45) is 0. The van der Waals surface area contributed by atoms with Crippen LogP contribution in [-0.2, 0) is 9.53 Å². The van der Waals surface area contributed by atoms with Gasteiger partial charge in [0.2, 0.25) is 6.54 Å². The Morgan fingerprint density at radius 1 is 1.67 bits per heavy atom. The van der Waals surface area contributed by atoms with Gasteiger partial charge in [0.25, 0.3) is 0 Å². The van der Waals surface area contributed by atoms with Gasteiger partial charge in [-0.25, -0.2) is 0 Å². The maximum atomic E-state index is 11.3. The number of nitrogens with zero attached hydrogens (tertiary/aromatic N) is 2. The highest BCUT2D eigenvalue weighted by molar-refractivity contribution is 5.76. The van der Waals surface area contributed by atoms with Gasteiger partial charge in [0, 0.05) is 4.92 Å². The molecule has 0 aromatic rings. The Morgan fingerprint density at radius 2 is 2.20 bits per heavy atom. The first-order chi connectivity index (χ1) is 6.85. The van der Waals surface area contributed by atoms with Crippen molar-refractivity contribution in [2.24, 2.45) is 11.3 Å². The molecular formula is C9H14N2O4. The van der Waals surface area contributed by atoms with Crippen LogP contribution in [0.5, 0.6) is 0 Å². The number of carbonyl (C=O) groups excluding carboxylic acids is 1. The van der Waals surface area contributed by atoms with E-state index in [1.807, 2.05) is 0 Å². The molecule has 0 aliphatic rings. The molecule has 6 nitrogen and oxygen atoms in total. The maximum Gasteiger partial charge on any atom is 0.324 e. The summed E-state index contributed by atoms with van der Waals surface area (Å²) in [5, 5.41) is 19.2. The van der Waals surface area contributed by atoms with Gasteiger partial charge in [-0.2, -0.15) is 5.26 Å². The average molecular weight is 214 g/mol. The van der Waals surface area contributed by atoms with Gasteiger partial charge in [-0.1, -0.05) is 13.8 Å². The van der Waals surface area contributed by atoms with Gasteiger partial charge in [-0.05, 0) is 6.92 Å². The second-order valence-electron chi connectivity index (χ2n) is 3.79. The molecule has 0 amide bonds. The number of esters is 1. The number of nitriles is 1. The Bertz CT molecular complexity index is 293. The minimum Gasteiger partial charge on any atom is -0.465 e. The first kappa shape index (κ1) is 13.4. The summed E-state index contributed by atoms with van der Waals surface area (Å²) in [6, 6.07) is 1.75. The van der Waals surface area contributed by atoms with Gasteiger partial charge in [0.05, 0.1) is 18.1 Å². The molecule has 0 aromatic heterocycles. The SMILES string of the molecule is CCOC(=O)[C@H](C#N)C(C)(C)C[N+](=O)[O-]. The zero-order valence-electron chi connectivity index (χ0n) is 9.02. The normalized spacial score (nSPS) is 12.7. The molecule has 1 atom stereocenters. The summed E-state index contributed by atoms with van der Waals surface area (Å²) >= 11 is 0. The Balaban J connectivity index is 4.73. The predicted molar refractivity (Wildman–Crippen MR) is 51.4 cm³/mol. The zero-order valence-corrected chi connectivity index (χ0v) is 9.02. The van der Waals surface area contributed by atoms with Crippen molar-refractivity contribution in [3.63, 3.8) is 0 Å². The van der Waals surface area contributed by atoms with Crippen LogP contribution in [0, 0.1) is 32.8 Å². The molecule has 0 saturated carbocycles. The summed E-state index contributed by atoms with van der Waals surface area (Å²) in [5.74, 6) is -1.81. The number of nitro groups is 1. The van der Waals surface area contributed by atoms with Crippen LogP contribution in [0.25, 0.3) is 0 Å². The standard InChI is InChI=1S/C9H14N2O4/c1-4-15-8(12)7(5-10)9(2,3)6-11(13)14/h7H,4,6H2,1-3H3/t7-/m0/s1. The lowest BCUT2D eigenvalue weighted by molar-refractivity contribution is -0.496. The number of ether oxygens (including phenoxy) is 1. The van der Waals surface area contributed by atoms with Crippen molar-refractivity contribution in [2.75, 3.05) is 13.2 Å². The van der Waals surface area contributed by atoms with Crippen LogP contribution >= 0.6 is 0 Å². The molecule has 0 bridgehead atoms. The third-order valence-corrected chi connectivity index (χ3v) is 1.97. The van der Waals surface area contributed by atoms with E-state index in [0.717, 1.165) is 0 Å². The highest BCUT2D eigenvalue weighted by Gasteiger charge is 2.40. The fraction of sp³-hybridized carbons (Fsp3) is 0.778. The van der Waals surface area contributed by atoms with Crippen LogP contribution in [0.1, 0.15) is 20.8 Å². The predicted octanol–water partition coefficient (Wildman–Crippen LogP) is 0.992. The molecule has 0 N–H and O–H groups in total. The van der Waals surface area contributed by atoms with Gasteiger partial charge in [0.1, 0.15) is 0 Å². The molecular weight excluding hydrogens is 200 g/mol. The van der Waals surface area contributed by atoms with Crippen LogP contribution in [0.4, 0.5) is 0 Å². The number of carbonyl (C=O) groups is 1. The third-order valence-electron chi connectivity index (χ3n) is 1.97.